The van der Waals surface area contributed by atoms with Crippen LogP contribution in [-0.4, -0.2) is 17.1 Å². The zero-order valence-corrected chi connectivity index (χ0v) is 7.54. The number of hydrogen-bond donors (Lipinski definition) is 2. The van der Waals surface area contributed by atoms with Crippen LogP contribution in [0.15, 0.2) is 10.9 Å². The number of carboxylic acid groups (broad SMARTS) is 1. The molecule has 0 aliphatic heterocycles. The van der Waals surface area contributed by atoms with Crippen molar-refractivity contribution in [1.29, 1.82) is 0 Å². The summed E-state index contributed by atoms with van der Waals surface area (Å²) in [6.07, 6.45) is 0.384. The molecular weight excluding hydrogens is 176 g/mol. The standard InChI is InChI=1S/C7H10N2O2S/c1-9-4-12-3-5(9)2-6(8)7(10)11/h3-4,6H,2,8H2,1H3/p+1/t6-/m0/s1. The summed E-state index contributed by atoms with van der Waals surface area (Å²) >= 11 is 1.53. The predicted octanol–water partition coefficient (Wildman–Crippen LogP) is -0.473. The van der Waals surface area contributed by atoms with Crippen molar-refractivity contribution in [1.82, 2.24) is 0 Å². The predicted molar refractivity (Wildman–Crippen MR) is 44.8 cm³/mol. The van der Waals surface area contributed by atoms with E-state index in [1.54, 1.807) is 0 Å². The number of aromatic nitrogens is 1. The molecule has 0 saturated carbocycles. The summed E-state index contributed by atoms with van der Waals surface area (Å²) in [5.41, 5.74) is 8.23. The molecule has 3 N–H and O–H groups in total. The number of carboxylic acids is 1. The van der Waals surface area contributed by atoms with Crippen molar-refractivity contribution in [3.63, 3.8) is 0 Å². The van der Waals surface area contributed by atoms with Crippen LogP contribution in [0.2, 0.25) is 0 Å². The van der Waals surface area contributed by atoms with E-state index in [0.717, 1.165) is 5.69 Å². The Morgan fingerprint density at radius 1 is 1.92 bits per heavy atom. The highest BCUT2D eigenvalue weighted by Crippen LogP contribution is 2.00. The number of rotatable bonds is 3. The Labute approximate surface area is 74.3 Å². The highest BCUT2D eigenvalue weighted by molar-refractivity contribution is 7.07. The van der Waals surface area contributed by atoms with E-state index in [0.29, 0.717) is 6.42 Å². The third-order valence-electron chi connectivity index (χ3n) is 1.62. The third-order valence-corrected chi connectivity index (χ3v) is 2.47. The number of nitrogens with two attached hydrogens (primary N) is 1. The first-order valence-electron chi connectivity index (χ1n) is 3.50. The first-order chi connectivity index (χ1) is 5.61. The van der Waals surface area contributed by atoms with E-state index < -0.39 is 12.0 Å². The number of nitrogens with zero attached hydrogens (tertiary/aromatic N) is 1. The van der Waals surface area contributed by atoms with E-state index in [1.165, 1.54) is 11.3 Å². The quantitative estimate of drug-likeness (QED) is 0.628. The van der Waals surface area contributed by atoms with Gasteiger partial charge in [-0.1, -0.05) is 11.3 Å². The lowest BCUT2D eigenvalue weighted by Crippen LogP contribution is -2.38. The van der Waals surface area contributed by atoms with Crippen LogP contribution in [0.25, 0.3) is 0 Å². The lowest BCUT2D eigenvalue weighted by molar-refractivity contribution is -0.674. The second-order valence-electron chi connectivity index (χ2n) is 2.61. The fourth-order valence-corrected chi connectivity index (χ4v) is 1.65. The van der Waals surface area contributed by atoms with Gasteiger partial charge in [0.1, 0.15) is 13.1 Å². The molecule has 0 spiro atoms. The van der Waals surface area contributed by atoms with Gasteiger partial charge >= 0.3 is 5.97 Å². The minimum atomic E-state index is -0.957. The van der Waals surface area contributed by atoms with Gasteiger partial charge in [0.2, 0.25) is 5.51 Å². The van der Waals surface area contributed by atoms with E-state index in [9.17, 15) is 4.79 Å². The first kappa shape index (κ1) is 9.15. The average molecular weight is 187 g/mol. The Kier molecular flexibility index (Phi) is 2.78. The van der Waals surface area contributed by atoms with Gasteiger partial charge in [-0.3, -0.25) is 4.79 Å². The van der Waals surface area contributed by atoms with Crippen LogP contribution in [0.4, 0.5) is 0 Å². The molecule has 1 atom stereocenters. The summed E-state index contributed by atoms with van der Waals surface area (Å²) in [5.74, 6) is -0.957. The Hall–Kier alpha value is -0.940. The van der Waals surface area contributed by atoms with Gasteiger partial charge in [0.05, 0.1) is 11.8 Å². The molecule has 0 fully saturated rings. The monoisotopic (exact) mass is 187 g/mol. The summed E-state index contributed by atoms with van der Waals surface area (Å²) in [4.78, 5) is 10.4. The Balaban J connectivity index is 2.64. The molecule has 0 radical (unpaired) electrons. The molecule has 0 amide bonds. The van der Waals surface area contributed by atoms with Crippen molar-refractivity contribution >= 4 is 17.3 Å². The Bertz CT molecular complexity index is 285. The Morgan fingerprint density at radius 3 is 3.00 bits per heavy atom. The smallest absolute Gasteiger partial charge is 0.321 e. The van der Waals surface area contributed by atoms with Crippen LogP contribution in [0.3, 0.4) is 0 Å². The minimum Gasteiger partial charge on any atom is -0.480 e. The SMILES string of the molecule is C[n+]1cscc1C[C@H](N)C(=O)O. The van der Waals surface area contributed by atoms with Gasteiger partial charge in [-0.2, -0.15) is 4.57 Å². The summed E-state index contributed by atoms with van der Waals surface area (Å²) in [6, 6.07) is -0.800. The molecule has 0 unspecified atom stereocenters. The van der Waals surface area contributed by atoms with Crippen LogP contribution < -0.4 is 10.3 Å². The van der Waals surface area contributed by atoms with Gasteiger partial charge in [-0.05, 0) is 0 Å². The van der Waals surface area contributed by atoms with E-state index in [1.807, 2.05) is 22.5 Å². The van der Waals surface area contributed by atoms with Gasteiger partial charge in [-0.15, -0.1) is 0 Å². The van der Waals surface area contributed by atoms with Gasteiger partial charge in [0, 0.05) is 0 Å². The van der Waals surface area contributed by atoms with Crippen LogP contribution in [0, 0.1) is 0 Å². The van der Waals surface area contributed by atoms with Crippen molar-refractivity contribution in [3.05, 3.63) is 16.6 Å². The molecule has 66 valence electrons. The van der Waals surface area contributed by atoms with E-state index in [4.69, 9.17) is 10.8 Å². The van der Waals surface area contributed by atoms with Crippen LogP contribution in [0.5, 0.6) is 0 Å². The van der Waals surface area contributed by atoms with Gasteiger partial charge < -0.3 is 10.8 Å². The zero-order chi connectivity index (χ0) is 9.14. The molecule has 1 heterocycles. The summed E-state index contributed by atoms with van der Waals surface area (Å²) in [7, 11) is 1.88. The molecule has 0 aliphatic rings. The molecule has 0 aliphatic carbocycles. The van der Waals surface area contributed by atoms with Crippen LogP contribution in [0.1, 0.15) is 5.69 Å². The average Bonchev–Trinajstić information content (AvgIpc) is 2.36. The largest absolute Gasteiger partial charge is 0.480 e. The molecule has 4 nitrogen and oxygen atoms in total. The molecule has 0 aromatic carbocycles. The lowest BCUT2D eigenvalue weighted by Gasteiger charge is -2.00. The first-order valence-corrected chi connectivity index (χ1v) is 4.44. The maximum absolute atomic E-state index is 10.4. The normalized spacial score (nSPS) is 12.8. The fraction of sp³-hybridized carbons (Fsp3) is 0.429. The Morgan fingerprint density at radius 2 is 2.58 bits per heavy atom. The van der Waals surface area contributed by atoms with E-state index >= 15 is 0 Å². The molecular formula is C7H11N2O2S+. The zero-order valence-electron chi connectivity index (χ0n) is 6.73. The molecule has 1 aromatic rings. The van der Waals surface area contributed by atoms with Gasteiger partial charge in [0.25, 0.3) is 0 Å². The topological polar surface area (TPSA) is 67.2 Å². The highest BCUT2D eigenvalue weighted by Gasteiger charge is 2.17. The van der Waals surface area contributed by atoms with E-state index in [-0.39, 0.29) is 0 Å². The molecule has 1 aromatic heterocycles. The van der Waals surface area contributed by atoms with Gasteiger partial charge in [-0.25, -0.2) is 0 Å². The van der Waals surface area contributed by atoms with Crippen molar-refractivity contribution in [2.45, 2.75) is 12.5 Å². The number of aryl methyl sites for hydroxylation is 1. The van der Waals surface area contributed by atoms with E-state index in [2.05, 4.69) is 0 Å². The maximum Gasteiger partial charge on any atom is 0.321 e. The number of carbonyl (C=O) groups is 1. The second-order valence-corrected chi connectivity index (χ2v) is 3.33. The second kappa shape index (κ2) is 3.64. The van der Waals surface area contributed by atoms with Crippen molar-refractivity contribution in [2.24, 2.45) is 12.8 Å². The fourth-order valence-electron chi connectivity index (χ4n) is 0.856. The van der Waals surface area contributed by atoms with Crippen LogP contribution in [-0.2, 0) is 18.3 Å². The number of hydrogen-bond acceptors (Lipinski definition) is 3. The maximum atomic E-state index is 10.4. The van der Waals surface area contributed by atoms with Crippen molar-refractivity contribution in [2.75, 3.05) is 0 Å². The molecule has 0 saturated heterocycles. The lowest BCUT2D eigenvalue weighted by atomic mass is 10.2. The van der Waals surface area contributed by atoms with Crippen molar-refractivity contribution < 1.29 is 14.5 Å². The third kappa shape index (κ3) is 2.02. The van der Waals surface area contributed by atoms with Crippen LogP contribution >= 0.6 is 11.3 Å². The summed E-state index contributed by atoms with van der Waals surface area (Å²) < 4.78 is 1.88. The van der Waals surface area contributed by atoms with Gasteiger partial charge in [0.15, 0.2) is 5.69 Å². The molecule has 1 rings (SSSR count). The molecule has 5 heteroatoms. The molecule has 0 bridgehead atoms. The number of thiazole rings is 1. The summed E-state index contributed by atoms with van der Waals surface area (Å²) in [5, 5.41) is 10.4. The number of aliphatic carboxylic acids is 1. The summed E-state index contributed by atoms with van der Waals surface area (Å²) in [6.45, 7) is 0. The molecule has 12 heavy (non-hydrogen) atoms. The highest BCUT2D eigenvalue weighted by atomic mass is 32.1. The van der Waals surface area contributed by atoms with Crippen molar-refractivity contribution in [3.8, 4) is 0 Å². The minimum absolute atomic E-state index is 0.384.